The quantitative estimate of drug-likeness (QED) is 0.810. The van der Waals surface area contributed by atoms with E-state index in [1.165, 1.54) is 16.6 Å². The van der Waals surface area contributed by atoms with Crippen molar-refractivity contribution in [3.05, 3.63) is 45.9 Å². The van der Waals surface area contributed by atoms with Crippen LogP contribution in [0.4, 0.5) is 0 Å². The summed E-state index contributed by atoms with van der Waals surface area (Å²) in [5.41, 5.74) is 1.77. The van der Waals surface area contributed by atoms with E-state index in [9.17, 15) is 4.79 Å². The second kappa shape index (κ2) is 5.44. The van der Waals surface area contributed by atoms with Gasteiger partial charge in [0.05, 0.1) is 30.2 Å². The third-order valence-electron chi connectivity index (χ3n) is 4.63. The molecule has 4 rings (SSSR count). The first-order valence-corrected chi connectivity index (χ1v) is 8.43. The summed E-state index contributed by atoms with van der Waals surface area (Å²) in [6, 6.07) is 3.91. The highest BCUT2D eigenvalue weighted by Gasteiger charge is 2.42. The van der Waals surface area contributed by atoms with E-state index in [4.69, 9.17) is 4.74 Å². The molecule has 2 aliphatic heterocycles. The molecule has 2 aliphatic rings. The van der Waals surface area contributed by atoms with Crippen LogP contribution in [0, 0.1) is 0 Å². The van der Waals surface area contributed by atoms with Crippen molar-refractivity contribution in [1.29, 1.82) is 0 Å². The summed E-state index contributed by atoms with van der Waals surface area (Å²) in [4.78, 5) is 15.8. The zero-order chi connectivity index (χ0) is 15.0. The lowest BCUT2D eigenvalue weighted by molar-refractivity contribution is -0.0926. The Balaban J connectivity index is 1.51. The Morgan fingerprint density at radius 3 is 2.91 bits per heavy atom. The van der Waals surface area contributed by atoms with Crippen LogP contribution >= 0.6 is 11.3 Å². The van der Waals surface area contributed by atoms with E-state index in [2.05, 4.69) is 21.6 Å². The molecule has 6 heteroatoms. The van der Waals surface area contributed by atoms with Crippen LogP contribution in [0.3, 0.4) is 0 Å². The maximum atomic E-state index is 12.5. The fourth-order valence-electron chi connectivity index (χ4n) is 3.44. The average molecular weight is 315 g/mol. The molecule has 0 radical (unpaired) electrons. The molecule has 114 valence electrons. The Morgan fingerprint density at radius 2 is 2.14 bits per heavy atom. The second-order valence-corrected chi connectivity index (χ2v) is 6.77. The maximum Gasteiger partial charge on any atom is 0.255 e. The topological polar surface area (TPSA) is 55.3 Å². The van der Waals surface area contributed by atoms with E-state index >= 15 is 0 Å². The van der Waals surface area contributed by atoms with Gasteiger partial charge in [0, 0.05) is 24.4 Å². The Labute approximate surface area is 132 Å². The van der Waals surface area contributed by atoms with Crippen molar-refractivity contribution in [2.75, 3.05) is 19.7 Å². The zero-order valence-electron chi connectivity index (χ0n) is 12.2. The Morgan fingerprint density at radius 1 is 1.27 bits per heavy atom. The molecule has 0 N–H and O–H groups in total. The molecule has 22 heavy (non-hydrogen) atoms. The highest BCUT2D eigenvalue weighted by atomic mass is 32.1. The standard InChI is InChI=1S/C16H17N3O2S/c20-15(12-1-6-17-18-11-12)19-7-4-16(5-8-19)13-3-10-22-14(13)2-9-21-16/h1,3,6,10-11H,2,4-5,7-9H2. The molecule has 1 spiro atoms. The molecule has 4 heterocycles. The number of carbonyl (C=O) groups excluding carboxylic acids is 1. The minimum Gasteiger partial charge on any atom is -0.370 e. The third-order valence-corrected chi connectivity index (χ3v) is 5.61. The monoisotopic (exact) mass is 315 g/mol. The number of fused-ring (bicyclic) bond motifs is 2. The number of piperidine rings is 1. The van der Waals surface area contributed by atoms with Crippen molar-refractivity contribution in [2.24, 2.45) is 0 Å². The SMILES string of the molecule is O=C(c1ccnnc1)N1CCC2(CC1)OCCc1sccc12. The van der Waals surface area contributed by atoms with Gasteiger partial charge in [0.2, 0.25) is 0 Å². The Bertz CT molecular complexity index is 678. The van der Waals surface area contributed by atoms with Crippen molar-refractivity contribution in [3.63, 3.8) is 0 Å². The van der Waals surface area contributed by atoms with Crippen LogP contribution in [0.15, 0.2) is 29.9 Å². The van der Waals surface area contributed by atoms with Gasteiger partial charge in [0.1, 0.15) is 0 Å². The number of aromatic nitrogens is 2. The fourth-order valence-corrected chi connectivity index (χ4v) is 4.39. The van der Waals surface area contributed by atoms with Crippen LogP contribution in [-0.4, -0.2) is 40.7 Å². The number of ether oxygens (including phenoxy) is 1. The molecule has 1 saturated heterocycles. The van der Waals surface area contributed by atoms with E-state index < -0.39 is 0 Å². The van der Waals surface area contributed by atoms with Gasteiger partial charge in [-0.3, -0.25) is 4.79 Å². The first-order chi connectivity index (χ1) is 10.8. The highest BCUT2D eigenvalue weighted by molar-refractivity contribution is 7.10. The number of likely N-dealkylation sites (tertiary alicyclic amines) is 1. The predicted molar refractivity (Wildman–Crippen MR) is 82.8 cm³/mol. The summed E-state index contributed by atoms with van der Waals surface area (Å²) in [7, 11) is 0. The summed E-state index contributed by atoms with van der Waals surface area (Å²) in [6.45, 7) is 2.22. The van der Waals surface area contributed by atoms with Crippen LogP contribution in [0.25, 0.3) is 0 Å². The number of hydrogen-bond donors (Lipinski definition) is 0. The smallest absolute Gasteiger partial charge is 0.255 e. The molecular formula is C16H17N3O2S. The molecule has 1 amide bonds. The highest BCUT2D eigenvalue weighted by Crippen LogP contribution is 2.43. The van der Waals surface area contributed by atoms with Gasteiger partial charge in [0.25, 0.3) is 5.91 Å². The number of nitrogens with zero attached hydrogens (tertiary/aromatic N) is 3. The molecule has 0 aliphatic carbocycles. The van der Waals surface area contributed by atoms with Crippen LogP contribution < -0.4 is 0 Å². The molecule has 0 atom stereocenters. The van der Waals surface area contributed by atoms with Gasteiger partial charge < -0.3 is 9.64 Å². The van der Waals surface area contributed by atoms with Crippen molar-refractivity contribution in [1.82, 2.24) is 15.1 Å². The summed E-state index contributed by atoms with van der Waals surface area (Å²) in [5, 5.41) is 9.66. The lowest BCUT2D eigenvalue weighted by Gasteiger charge is -2.44. The lowest BCUT2D eigenvalue weighted by atomic mass is 9.82. The molecule has 0 saturated carbocycles. The summed E-state index contributed by atoms with van der Waals surface area (Å²) in [5.74, 6) is 0.0334. The summed E-state index contributed by atoms with van der Waals surface area (Å²) < 4.78 is 6.17. The summed E-state index contributed by atoms with van der Waals surface area (Å²) >= 11 is 1.82. The predicted octanol–water partition coefficient (Wildman–Crippen LogP) is 2.24. The van der Waals surface area contributed by atoms with Crippen LogP contribution in [0.2, 0.25) is 0 Å². The average Bonchev–Trinajstić information content (AvgIpc) is 3.06. The number of hydrogen-bond acceptors (Lipinski definition) is 5. The van der Waals surface area contributed by atoms with Crippen LogP contribution in [-0.2, 0) is 16.8 Å². The molecule has 0 unspecified atom stereocenters. The van der Waals surface area contributed by atoms with E-state index in [1.807, 2.05) is 16.2 Å². The molecule has 1 fully saturated rings. The van der Waals surface area contributed by atoms with Crippen molar-refractivity contribution < 1.29 is 9.53 Å². The van der Waals surface area contributed by atoms with Gasteiger partial charge >= 0.3 is 0 Å². The second-order valence-electron chi connectivity index (χ2n) is 5.77. The Hall–Kier alpha value is -1.79. The lowest BCUT2D eigenvalue weighted by Crippen LogP contribution is -2.48. The zero-order valence-corrected chi connectivity index (χ0v) is 13.0. The molecule has 2 aromatic rings. The molecule has 0 bridgehead atoms. The van der Waals surface area contributed by atoms with E-state index in [1.54, 1.807) is 12.3 Å². The minimum absolute atomic E-state index is 0.0334. The summed E-state index contributed by atoms with van der Waals surface area (Å²) in [6.07, 6.45) is 5.82. The van der Waals surface area contributed by atoms with Gasteiger partial charge in [-0.1, -0.05) is 0 Å². The first kappa shape index (κ1) is 13.8. The normalized spacial score (nSPS) is 19.9. The van der Waals surface area contributed by atoms with E-state index in [0.717, 1.165) is 39.0 Å². The molecular weight excluding hydrogens is 298 g/mol. The number of amides is 1. The first-order valence-electron chi connectivity index (χ1n) is 7.55. The molecule has 2 aromatic heterocycles. The fraction of sp³-hybridized carbons (Fsp3) is 0.438. The van der Waals surface area contributed by atoms with Gasteiger partial charge in [-0.2, -0.15) is 10.2 Å². The number of rotatable bonds is 1. The van der Waals surface area contributed by atoms with E-state index in [0.29, 0.717) is 5.56 Å². The van der Waals surface area contributed by atoms with Crippen molar-refractivity contribution in [3.8, 4) is 0 Å². The minimum atomic E-state index is -0.180. The van der Waals surface area contributed by atoms with E-state index in [-0.39, 0.29) is 11.5 Å². The van der Waals surface area contributed by atoms with Gasteiger partial charge in [-0.15, -0.1) is 11.3 Å². The van der Waals surface area contributed by atoms with Crippen molar-refractivity contribution >= 4 is 17.2 Å². The maximum absolute atomic E-state index is 12.5. The van der Waals surface area contributed by atoms with Gasteiger partial charge in [-0.05, 0) is 35.9 Å². The van der Waals surface area contributed by atoms with Gasteiger partial charge in [0.15, 0.2) is 0 Å². The number of thiophene rings is 1. The number of carbonyl (C=O) groups is 1. The van der Waals surface area contributed by atoms with Crippen LogP contribution in [0.5, 0.6) is 0 Å². The van der Waals surface area contributed by atoms with Crippen LogP contribution in [0.1, 0.15) is 33.6 Å². The Kier molecular flexibility index (Phi) is 3.43. The van der Waals surface area contributed by atoms with Gasteiger partial charge in [-0.25, -0.2) is 0 Å². The largest absolute Gasteiger partial charge is 0.370 e. The third kappa shape index (κ3) is 2.23. The molecule has 5 nitrogen and oxygen atoms in total. The molecule has 0 aromatic carbocycles. The van der Waals surface area contributed by atoms with Crippen molar-refractivity contribution in [2.45, 2.75) is 24.9 Å².